The third kappa shape index (κ3) is 2.41. The molecule has 3 aliphatic rings. The van der Waals surface area contributed by atoms with Gasteiger partial charge in [-0.05, 0) is 19.1 Å². The number of hydrogen-bond donors (Lipinski definition) is 3. The zero-order valence-electron chi connectivity index (χ0n) is 17.5. The van der Waals surface area contributed by atoms with Crippen molar-refractivity contribution in [1.29, 1.82) is 5.41 Å². The Morgan fingerprint density at radius 3 is 2.58 bits per heavy atom. The summed E-state index contributed by atoms with van der Waals surface area (Å²) in [4.78, 5) is 6.11. The van der Waals surface area contributed by atoms with E-state index in [9.17, 15) is 19.0 Å². The lowest BCUT2D eigenvalue weighted by Crippen LogP contribution is -2.31. The Labute approximate surface area is 178 Å². The smallest absolute Gasteiger partial charge is 0.301 e. The van der Waals surface area contributed by atoms with Gasteiger partial charge in [0.25, 0.3) is 0 Å². The first-order chi connectivity index (χ1) is 14.4. The third-order valence-electron chi connectivity index (χ3n) is 6.06. The van der Waals surface area contributed by atoms with Crippen LogP contribution in [0.25, 0.3) is 33.4 Å². The van der Waals surface area contributed by atoms with Crippen LogP contribution in [0.2, 0.25) is 0 Å². The second-order valence-electron chi connectivity index (χ2n) is 8.42. The number of aromatic nitrogens is 3. The maximum atomic E-state index is 14.8. The minimum absolute atomic E-state index is 0.0421. The van der Waals surface area contributed by atoms with Gasteiger partial charge in [-0.1, -0.05) is 23.1 Å². The van der Waals surface area contributed by atoms with Crippen molar-refractivity contribution >= 4 is 42.8 Å². The summed E-state index contributed by atoms with van der Waals surface area (Å²) in [6, 6.07) is 3.33. The van der Waals surface area contributed by atoms with E-state index in [0.29, 0.717) is 34.8 Å². The van der Waals surface area contributed by atoms with Crippen molar-refractivity contribution in [2.75, 3.05) is 11.9 Å². The van der Waals surface area contributed by atoms with Gasteiger partial charge in [0.1, 0.15) is 28.2 Å². The van der Waals surface area contributed by atoms with E-state index < -0.39 is 11.4 Å². The fourth-order valence-electron chi connectivity index (χ4n) is 4.59. The number of nitrogens with zero attached hydrogens (tertiary/aromatic N) is 4. The first kappa shape index (κ1) is 20.0. The monoisotopic (exact) mass is 445 g/mol. The molecule has 0 saturated carbocycles. The van der Waals surface area contributed by atoms with E-state index in [0.717, 1.165) is 5.52 Å². The maximum Gasteiger partial charge on any atom is 0.301 e. The number of rotatable bonds is 2. The van der Waals surface area contributed by atoms with Gasteiger partial charge in [0.05, 0.1) is 28.6 Å². The molecule has 5 rings (SSSR count). The number of aromatic hydroxyl groups is 1. The summed E-state index contributed by atoms with van der Waals surface area (Å²) in [5, 5.41) is 30.3. The highest BCUT2D eigenvalue weighted by Crippen LogP contribution is 2.45. The number of hydrogen-bond acceptors (Lipinski definition) is 5. The van der Waals surface area contributed by atoms with Crippen LogP contribution in [0.5, 0.6) is 5.75 Å². The number of fused-ring (bicyclic) bond motifs is 3. The number of phenolic OH excluding ortho intramolecular Hbond substituents is 1. The van der Waals surface area contributed by atoms with Crippen molar-refractivity contribution in [1.82, 2.24) is 14.1 Å². The van der Waals surface area contributed by atoms with Crippen LogP contribution in [-0.4, -0.2) is 31.4 Å². The van der Waals surface area contributed by atoms with E-state index in [-0.39, 0.29) is 33.5 Å². The topological polar surface area (TPSA) is 90.3 Å². The number of halogens is 2. The molecular weight excluding hydrogens is 423 g/mol. The van der Waals surface area contributed by atoms with Crippen LogP contribution >= 0.6 is 9.24 Å². The highest BCUT2D eigenvalue weighted by Gasteiger charge is 2.39. The van der Waals surface area contributed by atoms with E-state index in [4.69, 9.17) is 5.41 Å². The van der Waals surface area contributed by atoms with Crippen LogP contribution in [0, 0.1) is 18.3 Å². The Hall–Kier alpha value is -2.93. The number of aryl methyl sites for hydroxylation is 1. The minimum Gasteiger partial charge on any atom is -0.511 e. The van der Waals surface area contributed by atoms with Crippen LogP contribution in [0.1, 0.15) is 25.1 Å². The maximum absolute atomic E-state index is 14.8. The predicted octanol–water partition coefficient (Wildman–Crippen LogP) is 3.28. The average molecular weight is 445 g/mol. The summed E-state index contributed by atoms with van der Waals surface area (Å²) in [6.45, 7) is 5.58. The lowest BCUT2D eigenvalue weighted by molar-refractivity contribution is 0.101. The van der Waals surface area contributed by atoms with Crippen LogP contribution in [0.3, 0.4) is 0 Å². The number of benzene rings is 1. The second-order valence-corrected chi connectivity index (χ2v) is 9.15. The number of phenols is 1. The van der Waals surface area contributed by atoms with Crippen molar-refractivity contribution in [3.8, 4) is 11.4 Å². The molecule has 0 aliphatic carbocycles. The molecule has 3 aliphatic heterocycles. The van der Waals surface area contributed by atoms with E-state index in [1.807, 2.05) is 4.57 Å². The average Bonchev–Trinajstić information content (AvgIpc) is 3.16. The Morgan fingerprint density at radius 1 is 1.29 bits per heavy atom. The summed E-state index contributed by atoms with van der Waals surface area (Å²) < 4.78 is 33.1. The summed E-state index contributed by atoms with van der Waals surface area (Å²) in [5.74, 6) is -0.104. The number of alkyl halides is 2. The van der Waals surface area contributed by atoms with Gasteiger partial charge >= 0.3 is 5.66 Å². The molecule has 3 N–H and O–H groups in total. The fourth-order valence-corrected chi connectivity index (χ4v) is 4.80. The summed E-state index contributed by atoms with van der Waals surface area (Å²) in [6.07, 6.45) is 0. The van der Waals surface area contributed by atoms with Crippen molar-refractivity contribution in [2.24, 2.45) is 5.92 Å². The van der Waals surface area contributed by atoms with Gasteiger partial charge in [-0.25, -0.2) is 4.98 Å². The van der Waals surface area contributed by atoms with Crippen LogP contribution in [0.4, 0.5) is 14.6 Å². The molecule has 31 heavy (non-hydrogen) atoms. The Kier molecular flexibility index (Phi) is 3.91. The highest BCUT2D eigenvalue weighted by atomic mass is 31.0. The van der Waals surface area contributed by atoms with Gasteiger partial charge < -0.3 is 19.7 Å². The molecule has 1 aromatic carbocycles. The van der Waals surface area contributed by atoms with Crippen LogP contribution in [-0.2, 0) is 12.3 Å². The molecule has 0 radical (unpaired) electrons. The Morgan fingerprint density at radius 2 is 1.97 bits per heavy atom. The minimum atomic E-state index is -3.37. The zero-order valence-corrected chi connectivity index (χ0v) is 18.6. The predicted molar refractivity (Wildman–Crippen MR) is 118 cm³/mol. The van der Waals surface area contributed by atoms with Gasteiger partial charge in [0.15, 0.2) is 5.82 Å². The number of aliphatic hydroxyl groups is 1. The van der Waals surface area contributed by atoms with E-state index in [1.54, 1.807) is 49.4 Å². The summed E-state index contributed by atoms with van der Waals surface area (Å²) >= 11 is 0. The SMILES string of the molecule is Cc1c(O)ccc2c1n1c(=N)/c(=C(\O)C(C)C)c3c(C(F)(F)P)nc4c(c3-1)n2CN4C. The van der Waals surface area contributed by atoms with Crippen molar-refractivity contribution in [2.45, 2.75) is 33.1 Å². The molecule has 2 aromatic rings. The Balaban J connectivity index is 2.24. The summed E-state index contributed by atoms with van der Waals surface area (Å²) in [7, 11) is 3.29. The molecule has 1 atom stereocenters. The molecule has 10 heteroatoms. The normalized spacial score (nSPS) is 15.3. The molecule has 0 bridgehead atoms. The second kappa shape index (κ2) is 6.07. The van der Waals surface area contributed by atoms with E-state index >= 15 is 0 Å². The molecular formula is C21H22F2N5O2P. The van der Waals surface area contributed by atoms with Gasteiger partial charge in [0, 0.05) is 23.9 Å². The number of pyridine rings is 1. The molecule has 1 unspecified atom stereocenters. The van der Waals surface area contributed by atoms with Crippen molar-refractivity contribution < 1.29 is 19.0 Å². The van der Waals surface area contributed by atoms with Crippen molar-refractivity contribution in [3.63, 3.8) is 0 Å². The summed E-state index contributed by atoms with van der Waals surface area (Å²) in [5.41, 5.74) is -1.19. The molecule has 0 spiro atoms. The molecule has 0 amide bonds. The largest absolute Gasteiger partial charge is 0.511 e. The molecule has 0 saturated heterocycles. The standard InChI is InChI=1S/C21H22F2N5O2P/c1-8(2)17(30)13-12-15-16-20(25-18(12)21(22,23)31)26(4)7-27(16)10-5-6-11(29)9(3)14(10)28(15)19(13)24/h5-6,8,24,29-30H,7,31H2,1-4H3/b17-13-,24-19?. The van der Waals surface area contributed by atoms with E-state index in [1.165, 1.54) is 9.24 Å². The fraction of sp³-hybridized carbons (Fsp3) is 0.333. The first-order valence-corrected chi connectivity index (χ1v) is 10.4. The van der Waals surface area contributed by atoms with Gasteiger partial charge in [-0.3, -0.25) is 9.98 Å². The Bertz CT molecular complexity index is 1500. The molecule has 1 aromatic heterocycles. The lowest BCUT2D eigenvalue weighted by Gasteiger charge is -2.20. The molecule has 7 nitrogen and oxygen atoms in total. The van der Waals surface area contributed by atoms with E-state index in [2.05, 4.69) is 4.98 Å². The highest BCUT2D eigenvalue weighted by molar-refractivity contribution is 7.17. The molecule has 162 valence electrons. The number of aliphatic hydroxyl groups excluding tert-OH is 1. The van der Waals surface area contributed by atoms with Crippen LogP contribution < -0.4 is 15.6 Å². The quantitative estimate of drug-likeness (QED) is 0.326. The zero-order chi connectivity index (χ0) is 22.6. The van der Waals surface area contributed by atoms with Crippen LogP contribution in [0.15, 0.2) is 12.1 Å². The van der Waals surface area contributed by atoms with Gasteiger partial charge in [-0.2, -0.15) is 8.78 Å². The number of nitrogens with one attached hydrogen (secondary N) is 1. The molecule has 0 fully saturated rings. The van der Waals surface area contributed by atoms with Crippen molar-refractivity contribution in [3.05, 3.63) is 34.1 Å². The van der Waals surface area contributed by atoms with Gasteiger partial charge in [0.2, 0.25) is 0 Å². The first-order valence-electron chi connectivity index (χ1n) is 9.84. The third-order valence-corrected chi connectivity index (χ3v) is 6.33. The number of anilines is 1. The lowest BCUT2D eigenvalue weighted by atomic mass is 10.1. The molecule has 4 heterocycles. The van der Waals surface area contributed by atoms with Gasteiger partial charge in [-0.15, -0.1) is 0 Å².